The first-order chi connectivity index (χ1) is 16.0. The third kappa shape index (κ3) is 4.30. The molecule has 5 rings (SSSR count). The van der Waals surface area contributed by atoms with E-state index in [-0.39, 0.29) is 16.6 Å². The lowest BCUT2D eigenvalue weighted by atomic mass is 9.97. The molecule has 0 saturated carbocycles. The van der Waals surface area contributed by atoms with Crippen molar-refractivity contribution in [3.63, 3.8) is 0 Å². The fourth-order valence-electron chi connectivity index (χ4n) is 4.00. The fourth-order valence-corrected chi connectivity index (χ4v) is 6.39. The van der Waals surface area contributed by atoms with Crippen molar-refractivity contribution in [2.24, 2.45) is 0 Å². The van der Waals surface area contributed by atoms with Crippen LogP contribution in [0.1, 0.15) is 30.2 Å². The smallest absolute Gasteiger partial charge is 0.267 e. The zero-order chi connectivity index (χ0) is 22.9. The number of benzene rings is 1. The minimum Gasteiger partial charge on any atom is -0.322 e. The van der Waals surface area contributed by atoms with E-state index in [2.05, 4.69) is 10.3 Å². The number of amides is 1. The van der Waals surface area contributed by atoms with Crippen molar-refractivity contribution in [2.75, 3.05) is 5.32 Å². The van der Waals surface area contributed by atoms with Crippen LogP contribution >= 0.6 is 34.7 Å². The number of aromatic nitrogens is 3. The normalized spacial score (nSPS) is 14.1. The molecule has 4 aromatic rings. The number of nitrogens with zero attached hydrogens (tertiary/aromatic N) is 3. The van der Waals surface area contributed by atoms with E-state index in [1.807, 2.05) is 30.3 Å². The summed E-state index contributed by atoms with van der Waals surface area (Å²) >= 11 is 8.95. The Hall–Kier alpha value is -2.68. The molecule has 1 aliphatic carbocycles. The van der Waals surface area contributed by atoms with Crippen LogP contribution in [0.25, 0.3) is 15.9 Å². The van der Waals surface area contributed by atoms with Crippen molar-refractivity contribution in [2.45, 2.75) is 43.0 Å². The topological polar surface area (TPSA) is 76.9 Å². The van der Waals surface area contributed by atoms with Crippen LogP contribution in [0.15, 0.2) is 58.6 Å². The summed E-state index contributed by atoms with van der Waals surface area (Å²) in [6, 6.07) is 12.9. The van der Waals surface area contributed by atoms with E-state index >= 15 is 0 Å². The SMILES string of the molecule is CC(Sc1nc2sc3c(c2c(=O)n1-c1ccccc1)CCCC3)C(=O)Nc1cccnc1Cl. The molecule has 1 N–H and O–H groups in total. The van der Waals surface area contributed by atoms with Gasteiger partial charge in [0.25, 0.3) is 5.56 Å². The van der Waals surface area contributed by atoms with Gasteiger partial charge in [-0.2, -0.15) is 0 Å². The van der Waals surface area contributed by atoms with E-state index in [4.69, 9.17) is 16.6 Å². The zero-order valence-electron chi connectivity index (χ0n) is 17.9. The Morgan fingerprint density at radius 1 is 1.18 bits per heavy atom. The molecule has 1 aliphatic rings. The molecule has 0 spiro atoms. The molecular formula is C24H21ClN4O2S2. The van der Waals surface area contributed by atoms with Crippen LogP contribution < -0.4 is 10.9 Å². The minimum absolute atomic E-state index is 0.0731. The van der Waals surface area contributed by atoms with Gasteiger partial charge in [0.1, 0.15) is 4.83 Å². The van der Waals surface area contributed by atoms with Gasteiger partial charge >= 0.3 is 0 Å². The molecule has 1 unspecified atom stereocenters. The molecule has 3 heterocycles. The molecule has 3 aromatic heterocycles. The van der Waals surface area contributed by atoms with E-state index in [1.54, 1.807) is 41.2 Å². The van der Waals surface area contributed by atoms with Crippen molar-refractivity contribution < 1.29 is 4.79 Å². The second kappa shape index (κ2) is 9.29. The minimum atomic E-state index is -0.518. The number of hydrogen-bond donors (Lipinski definition) is 1. The fraction of sp³-hybridized carbons (Fsp3) is 0.250. The Bertz CT molecular complexity index is 1400. The van der Waals surface area contributed by atoms with Crippen molar-refractivity contribution in [3.05, 3.63) is 74.6 Å². The first kappa shape index (κ1) is 22.1. The lowest BCUT2D eigenvalue weighted by Crippen LogP contribution is -2.26. The second-order valence-corrected chi connectivity index (χ2v) is 10.6. The molecule has 33 heavy (non-hydrogen) atoms. The highest BCUT2D eigenvalue weighted by atomic mass is 35.5. The van der Waals surface area contributed by atoms with Gasteiger partial charge in [-0.1, -0.05) is 41.6 Å². The summed E-state index contributed by atoms with van der Waals surface area (Å²) in [6.45, 7) is 1.79. The molecule has 1 aromatic carbocycles. The first-order valence-electron chi connectivity index (χ1n) is 10.7. The first-order valence-corrected chi connectivity index (χ1v) is 12.8. The third-order valence-corrected chi connectivity index (χ3v) is 8.18. The Morgan fingerprint density at radius 3 is 2.76 bits per heavy atom. The van der Waals surface area contributed by atoms with Gasteiger partial charge < -0.3 is 5.32 Å². The van der Waals surface area contributed by atoms with Gasteiger partial charge in [-0.05, 0) is 62.4 Å². The Kier molecular flexibility index (Phi) is 6.23. The van der Waals surface area contributed by atoms with Gasteiger partial charge in [0, 0.05) is 11.1 Å². The molecule has 0 aliphatic heterocycles. The molecule has 0 bridgehead atoms. The molecule has 1 atom stereocenters. The highest BCUT2D eigenvalue weighted by Crippen LogP contribution is 2.36. The van der Waals surface area contributed by atoms with Crippen molar-refractivity contribution >= 4 is 56.5 Å². The lowest BCUT2D eigenvalue weighted by molar-refractivity contribution is -0.115. The molecule has 9 heteroatoms. The van der Waals surface area contributed by atoms with Crippen LogP contribution in [0.4, 0.5) is 5.69 Å². The standard InChI is InChI=1S/C24H21ClN4O2S2/c1-14(21(30)27-17-11-7-13-26-20(17)25)32-24-28-22-19(16-10-5-6-12-18(16)33-22)23(31)29(24)15-8-3-2-4-9-15/h2-4,7-9,11,13-14H,5-6,10,12H2,1H3,(H,27,30). The van der Waals surface area contributed by atoms with E-state index in [9.17, 15) is 9.59 Å². The maximum Gasteiger partial charge on any atom is 0.267 e. The van der Waals surface area contributed by atoms with Crippen molar-refractivity contribution in [1.29, 1.82) is 0 Å². The largest absolute Gasteiger partial charge is 0.322 e. The summed E-state index contributed by atoms with van der Waals surface area (Å²) in [7, 11) is 0. The van der Waals surface area contributed by atoms with Gasteiger partial charge in [-0.15, -0.1) is 11.3 Å². The molecule has 0 saturated heterocycles. The number of anilines is 1. The number of hydrogen-bond acceptors (Lipinski definition) is 6. The zero-order valence-corrected chi connectivity index (χ0v) is 20.3. The van der Waals surface area contributed by atoms with Crippen LogP contribution in [0, 0.1) is 0 Å². The lowest BCUT2D eigenvalue weighted by Gasteiger charge is -2.16. The number of aryl methyl sites for hydroxylation is 2. The number of para-hydroxylation sites is 1. The number of carbonyl (C=O) groups excluding carboxylic acids is 1. The van der Waals surface area contributed by atoms with Gasteiger partial charge in [-0.25, -0.2) is 9.97 Å². The van der Waals surface area contributed by atoms with E-state index in [1.165, 1.54) is 16.6 Å². The van der Waals surface area contributed by atoms with Crippen molar-refractivity contribution in [3.8, 4) is 5.69 Å². The molecular weight excluding hydrogens is 476 g/mol. The Balaban J connectivity index is 1.56. The number of thioether (sulfide) groups is 1. The molecule has 1 amide bonds. The van der Waals surface area contributed by atoms with E-state index in [0.29, 0.717) is 10.8 Å². The summed E-state index contributed by atoms with van der Waals surface area (Å²) in [4.78, 5) is 37.6. The molecule has 0 radical (unpaired) electrons. The highest BCUT2D eigenvalue weighted by Gasteiger charge is 2.25. The van der Waals surface area contributed by atoms with Crippen LogP contribution in [-0.4, -0.2) is 25.7 Å². The maximum atomic E-state index is 13.8. The summed E-state index contributed by atoms with van der Waals surface area (Å²) in [6.07, 6.45) is 5.71. The summed E-state index contributed by atoms with van der Waals surface area (Å²) in [5.41, 5.74) is 2.26. The quantitative estimate of drug-likeness (QED) is 0.224. The number of carbonyl (C=O) groups is 1. The van der Waals surface area contributed by atoms with E-state index < -0.39 is 5.25 Å². The molecule has 0 fully saturated rings. The highest BCUT2D eigenvalue weighted by molar-refractivity contribution is 8.00. The van der Waals surface area contributed by atoms with Crippen LogP contribution in [0.5, 0.6) is 0 Å². The predicted octanol–water partition coefficient (Wildman–Crippen LogP) is 5.49. The molecule has 168 valence electrons. The summed E-state index contributed by atoms with van der Waals surface area (Å²) in [5, 5.41) is 3.75. The average Bonchev–Trinajstić information content (AvgIpc) is 3.20. The van der Waals surface area contributed by atoms with Crippen LogP contribution in [0.2, 0.25) is 5.15 Å². The number of thiophene rings is 1. The number of rotatable bonds is 5. The predicted molar refractivity (Wildman–Crippen MR) is 135 cm³/mol. The van der Waals surface area contributed by atoms with Crippen molar-refractivity contribution in [1.82, 2.24) is 14.5 Å². The second-order valence-electron chi connectivity index (χ2n) is 7.85. The molecule has 6 nitrogen and oxygen atoms in total. The van der Waals surface area contributed by atoms with Gasteiger partial charge in [0.2, 0.25) is 5.91 Å². The van der Waals surface area contributed by atoms with E-state index in [0.717, 1.165) is 47.2 Å². The summed E-state index contributed by atoms with van der Waals surface area (Å²) < 4.78 is 1.63. The number of fused-ring (bicyclic) bond motifs is 3. The number of pyridine rings is 1. The van der Waals surface area contributed by atoms with Crippen LogP contribution in [-0.2, 0) is 17.6 Å². The number of halogens is 1. The average molecular weight is 497 g/mol. The Morgan fingerprint density at radius 2 is 1.97 bits per heavy atom. The van der Waals surface area contributed by atoms with Gasteiger partial charge in [0.15, 0.2) is 10.3 Å². The third-order valence-electron chi connectivity index (χ3n) is 5.64. The van der Waals surface area contributed by atoms with Gasteiger partial charge in [-0.3, -0.25) is 14.2 Å². The van der Waals surface area contributed by atoms with Crippen LogP contribution in [0.3, 0.4) is 0 Å². The Labute approximate surface area is 204 Å². The van der Waals surface area contributed by atoms with Gasteiger partial charge in [0.05, 0.1) is 22.0 Å². The number of nitrogens with one attached hydrogen (secondary N) is 1. The maximum absolute atomic E-state index is 13.8. The monoisotopic (exact) mass is 496 g/mol. The summed E-state index contributed by atoms with van der Waals surface area (Å²) in [5.74, 6) is -0.241.